The number of nitrogens with zero attached hydrogens (tertiary/aromatic N) is 3. The number of amides is 2. The van der Waals surface area contributed by atoms with Gasteiger partial charge in [-0.3, -0.25) is 14.5 Å². The van der Waals surface area contributed by atoms with Crippen LogP contribution in [0.15, 0.2) is 24.4 Å². The van der Waals surface area contributed by atoms with Gasteiger partial charge in [0.15, 0.2) is 5.82 Å². The van der Waals surface area contributed by atoms with Gasteiger partial charge in [0.25, 0.3) is 12.3 Å². The van der Waals surface area contributed by atoms with E-state index in [0.29, 0.717) is 36.0 Å². The lowest BCUT2D eigenvalue weighted by atomic mass is 10.1. The van der Waals surface area contributed by atoms with Crippen LogP contribution >= 0.6 is 0 Å². The lowest BCUT2D eigenvalue weighted by Gasteiger charge is -2.19. The zero-order valence-electron chi connectivity index (χ0n) is 15.7. The normalized spacial score (nSPS) is 12.6. The molecule has 0 radical (unpaired) electrons. The molecule has 0 unspecified atom stereocenters. The molecule has 0 atom stereocenters. The van der Waals surface area contributed by atoms with Crippen LogP contribution in [0.4, 0.5) is 20.3 Å². The monoisotopic (exact) mass is 409 g/mol. The molecule has 3 N–H and O–H groups in total. The number of benzene rings is 1. The molecular formula is C18H21F2N5O4. The molecule has 0 aliphatic carbocycles. The highest BCUT2D eigenvalue weighted by atomic mass is 19.3. The highest BCUT2D eigenvalue weighted by Crippen LogP contribution is 2.35. The van der Waals surface area contributed by atoms with Crippen molar-refractivity contribution in [3.8, 4) is 17.1 Å². The molecule has 0 saturated heterocycles. The first-order chi connectivity index (χ1) is 13.9. The average Bonchev–Trinajstić information content (AvgIpc) is 3.00. The van der Waals surface area contributed by atoms with Crippen molar-refractivity contribution in [1.29, 1.82) is 0 Å². The SMILES string of the molecule is COCC(=O)N(CC(F)F)c1cn2c(n1)-c1ccc(NCC(N)=O)cc1OCC2. The minimum absolute atomic E-state index is 0.0260. The maximum absolute atomic E-state index is 13.0. The van der Waals surface area contributed by atoms with Crippen molar-refractivity contribution in [3.05, 3.63) is 24.4 Å². The Morgan fingerprint density at radius 2 is 2.24 bits per heavy atom. The third-order valence-corrected chi connectivity index (χ3v) is 4.21. The standard InChI is InChI=1S/C18H21F2N5O4/c1-28-10-17(27)25(8-14(19)20)16-9-24-4-5-29-13-6-11(22-7-15(21)26)2-3-12(13)18(24)23-16/h2-3,6,9,14,22H,4-5,7-8,10H2,1H3,(H2,21,26). The Balaban J connectivity index is 1.94. The van der Waals surface area contributed by atoms with E-state index in [2.05, 4.69) is 10.3 Å². The maximum Gasteiger partial charge on any atom is 0.256 e. The molecule has 2 aromatic rings. The van der Waals surface area contributed by atoms with Crippen LogP contribution in [0.3, 0.4) is 0 Å². The first-order valence-corrected chi connectivity index (χ1v) is 8.83. The number of imidazole rings is 1. The van der Waals surface area contributed by atoms with E-state index < -0.39 is 24.8 Å². The van der Waals surface area contributed by atoms with E-state index in [4.69, 9.17) is 15.2 Å². The number of nitrogens with two attached hydrogens (primary N) is 1. The second-order valence-electron chi connectivity index (χ2n) is 6.32. The van der Waals surface area contributed by atoms with E-state index in [0.717, 1.165) is 4.90 Å². The molecule has 29 heavy (non-hydrogen) atoms. The summed E-state index contributed by atoms with van der Waals surface area (Å²) in [6, 6.07) is 5.17. The highest BCUT2D eigenvalue weighted by molar-refractivity contribution is 5.93. The first-order valence-electron chi connectivity index (χ1n) is 8.83. The number of alkyl halides is 2. The van der Waals surface area contributed by atoms with Gasteiger partial charge in [-0.25, -0.2) is 13.8 Å². The second kappa shape index (κ2) is 8.86. The van der Waals surface area contributed by atoms with E-state index in [1.54, 1.807) is 29.0 Å². The number of rotatable bonds is 8. The number of carbonyl (C=O) groups excluding carboxylic acids is 2. The van der Waals surface area contributed by atoms with Crippen molar-refractivity contribution >= 4 is 23.3 Å². The molecule has 1 aromatic carbocycles. The van der Waals surface area contributed by atoms with Gasteiger partial charge in [0.1, 0.15) is 24.8 Å². The largest absolute Gasteiger partial charge is 0.491 e. The minimum Gasteiger partial charge on any atom is -0.491 e. The summed E-state index contributed by atoms with van der Waals surface area (Å²) in [4.78, 5) is 28.5. The average molecular weight is 409 g/mol. The summed E-state index contributed by atoms with van der Waals surface area (Å²) in [6.07, 6.45) is -1.17. The van der Waals surface area contributed by atoms with E-state index in [1.165, 1.54) is 7.11 Å². The van der Waals surface area contributed by atoms with Gasteiger partial charge in [-0.05, 0) is 12.1 Å². The quantitative estimate of drug-likeness (QED) is 0.675. The number of halogens is 2. The van der Waals surface area contributed by atoms with Gasteiger partial charge in [0.2, 0.25) is 5.91 Å². The lowest BCUT2D eigenvalue weighted by molar-refractivity contribution is -0.122. The molecule has 0 spiro atoms. The molecule has 1 aromatic heterocycles. The number of fused-ring (bicyclic) bond motifs is 3. The first kappa shape index (κ1) is 20.5. The summed E-state index contributed by atoms with van der Waals surface area (Å²) < 4.78 is 38.3. The topological polar surface area (TPSA) is 112 Å². The molecule has 0 bridgehead atoms. The van der Waals surface area contributed by atoms with Gasteiger partial charge in [0, 0.05) is 25.1 Å². The third-order valence-electron chi connectivity index (χ3n) is 4.21. The fourth-order valence-electron chi connectivity index (χ4n) is 2.96. The summed E-state index contributed by atoms with van der Waals surface area (Å²) in [5.74, 6) is 0.00740. The second-order valence-corrected chi connectivity index (χ2v) is 6.32. The molecule has 0 fully saturated rings. The van der Waals surface area contributed by atoms with Crippen LogP contribution in [0.2, 0.25) is 0 Å². The van der Waals surface area contributed by atoms with Crippen molar-refractivity contribution < 1.29 is 27.8 Å². The highest BCUT2D eigenvalue weighted by Gasteiger charge is 2.26. The van der Waals surface area contributed by atoms with Crippen LogP contribution in [0.25, 0.3) is 11.4 Å². The van der Waals surface area contributed by atoms with Crippen molar-refractivity contribution in [3.63, 3.8) is 0 Å². The molecule has 0 saturated carbocycles. The van der Waals surface area contributed by atoms with Crippen molar-refractivity contribution in [2.75, 3.05) is 43.6 Å². The summed E-state index contributed by atoms with van der Waals surface area (Å²) in [5.41, 5.74) is 6.41. The molecule has 2 heterocycles. The predicted molar refractivity (Wildman–Crippen MR) is 101 cm³/mol. The molecule has 1 aliphatic rings. The summed E-state index contributed by atoms with van der Waals surface area (Å²) in [6.45, 7) is -0.402. The Morgan fingerprint density at radius 3 is 2.93 bits per heavy atom. The van der Waals surface area contributed by atoms with Gasteiger partial charge in [-0.1, -0.05) is 0 Å². The molecule has 156 valence electrons. The van der Waals surface area contributed by atoms with E-state index in [9.17, 15) is 18.4 Å². The number of aromatic nitrogens is 2. The van der Waals surface area contributed by atoms with Gasteiger partial charge >= 0.3 is 0 Å². The molecular weight excluding hydrogens is 388 g/mol. The Hall–Kier alpha value is -3.21. The number of ether oxygens (including phenoxy) is 2. The third kappa shape index (κ3) is 4.80. The number of methoxy groups -OCH3 is 1. The number of carbonyl (C=O) groups is 2. The van der Waals surface area contributed by atoms with Crippen molar-refractivity contribution in [2.45, 2.75) is 13.0 Å². The Morgan fingerprint density at radius 1 is 1.45 bits per heavy atom. The predicted octanol–water partition coefficient (Wildman–Crippen LogP) is 1.08. The van der Waals surface area contributed by atoms with Crippen LogP contribution in [0.1, 0.15) is 0 Å². The number of hydrogen-bond acceptors (Lipinski definition) is 6. The van der Waals surface area contributed by atoms with Gasteiger partial charge in [-0.2, -0.15) is 0 Å². The molecule has 11 heteroatoms. The van der Waals surface area contributed by atoms with Crippen molar-refractivity contribution in [2.24, 2.45) is 5.73 Å². The number of hydrogen-bond donors (Lipinski definition) is 2. The van der Waals surface area contributed by atoms with Gasteiger partial charge in [-0.15, -0.1) is 0 Å². The van der Waals surface area contributed by atoms with E-state index in [1.807, 2.05) is 0 Å². The zero-order chi connectivity index (χ0) is 21.0. The number of nitrogens with one attached hydrogen (secondary N) is 1. The molecule has 2 amide bonds. The Labute approximate surface area is 165 Å². The summed E-state index contributed by atoms with van der Waals surface area (Å²) in [5, 5.41) is 2.88. The van der Waals surface area contributed by atoms with E-state index >= 15 is 0 Å². The number of primary amides is 1. The zero-order valence-corrected chi connectivity index (χ0v) is 15.7. The summed E-state index contributed by atoms with van der Waals surface area (Å²) >= 11 is 0. The molecule has 1 aliphatic heterocycles. The smallest absolute Gasteiger partial charge is 0.256 e. The summed E-state index contributed by atoms with van der Waals surface area (Å²) in [7, 11) is 1.32. The van der Waals surface area contributed by atoms with Crippen LogP contribution in [-0.2, 0) is 20.9 Å². The van der Waals surface area contributed by atoms with Crippen LogP contribution < -0.4 is 20.7 Å². The fraction of sp³-hybridized carbons (Fsp3) is 0.389. The van der Waals surface area contributed by atoms with Gasteiger partial charge in [0.05, 0.1) is 25.2 Å². The Kier molecular flexibility index (Phi) is 6.27. The fourth-order valence-corrected chi connectivity index (χ4v) is 2.96. The lowest BCUT2D eigenvalue weighted by Crippen LogP contribution is -2.37. The number of anilines is 2. The van der Waals surface area contributed by atoms with E-state index in [-0.39, 0.29) is 19.0 Å². The van der Waals surface area contributed by atoms with Crippen LogP contribution in [-0.4, -0.2) is 61.2 Å². The van der Waals surface area contributed by atoms with Crippen LogP contribution in [0, 0.1) is 0 Å². The van der Waals surface area contributed by atoms with Crippen molar-refractivity contribution in [1.82, 2.24) is 9.55 Å². The Bertz CT molecular complexity index is 902. The maximum atomic E-state index is 13.0. The molecule has 9 nitrogen and oxygen atoms in total. The minimum atomic E-state index is -2.72. The molecule has 3 rings (SSSR count). The van der Waals surface area contributed by atoms with Gasteiger partial charge < -0.3 is 25.1 Å². The van der Waals surface area contributed by atoms with Crippen LogP contribution in [0.5, 0.6) is 5.75 Å².